The van der Waals surface area contributed by atoms with Crippen LogP contribution in [0.15, 0.2) is 29.2 Å². The molecule has 30 heavy (non-hydrogen) atoms. The normalized spacial score (nSPS) is 20.8. The van der Waals surface area contributed by atoms with Crippen LogP contribution in [0.3, 0.4) is 0 Å². The Hall–Kier alpha value is -1.16. The molecule has 5 nitrogen and oxygen atoms in total. The van der Waals surface area contributed by atoms with E-state index in [1.807, 2.05) is 0 Å². The smallest absolute Gasteiger partial charge is 0.395 e. The highest BCUT2D eigenvalue weighted by Gasteiger charge is 2.32. The molecule has 0 atom stereocenters. The predicted molar refractivity (Wildman–Crippen MR) is 111 cm³/mol. The maximum absolute atomic E-state index is 12.7. The summed E-state index contributed by atoms with van der Waals surface area (Å²) in [5.74, 6) is 0.876. The van der Waals surface area contributed by atoms with Crippen molar-refractivity contribution in [2.45, 2.75) is 50.1 Å². The van der Waals surface area contributed by atoms with E-state index >= 15 is 0 Å². The number of likely N-dealkylation sites (N-methyl/N-ethyl adjacent to an activating group) is 1. The third kappa shape index (κ3) is 6.93. The number of alkyl halides is 3. The second-order valence-corrected chi connectivity index (χ2v) is 10.2. The monoisotopic (exact) mass is 450 g/mol. The molecule has 9 heteroatoms. The predicted octanol–water partition coefficient (Wildman–Crippen LogP) is 3.84. The van der Waals surface area contributed by atoms with E-state index in [0.717, 1.165) is 69.5 Å². The molecule has 1 N–H and O–H groups in total. The molecule has 0 heterocycles. The van der Waals surface area contributed by atoms with Gasteiger partial charge >= 0.3 is 6.18 Å². The molecule has 0 bridgehead atoms. The van der Waals surface area contributed by atoms with Gasteiger partial charge in [0.05, 0.1) is 17.1 Å². The van der Waals surface area contributed by atoms with Gasteiger partial charge in [0.25, 0.3) is 0 Å². The maximum atomic E-state index is 12.7. The number of aliphatic hydroxyl groups excluding tert-OH is 1. The lowest BCUT2D eigenvalue weighted by molar-refractivity contribution is -0.137. The molecule has 1 aromatic carbocycles. The summed E-state index contributed by atoms with van der Waals surface area (Å²) in [5, 5.41) is 9.08. The van der Waals surface area contributed by atoms with E-state index in [1.54, 1.807) is 0 Å². The first kappa shape index (κ1) is 25.1. The van der Waals surface area contributed by atoms with Crippen molar-refractivity contribution in [1.29, 1.82) is 0 Å². The Morgan fingerprint density at radius 2 is 1.60 bits per heavy atom. The fourth-order valence-electron chi connectivity index (χ4n) is 4.09. The maximum Gasteiger partial charge on any atom is 0.416 e. The molecular weight excluding hydrogens is 417 g/mol. The SMILES string of the molecule is CCN(CCO)CCC1CCC(CN(C)S(=O)(=O)c2ccc(C(F)(F)F)cc2)CC1. The number of hydrogen-bond donors (Lipinski definition) is 1. The minimum absolute atomic E-state index is 0.116. The third-order valence-corrected chi connectivity index (χ3v) is 7.93. The van der Waals surface area contributed by atoms with E-state index in [4.69, 9.17) is 5.11 Å². The summed E-state index contributed by atoms with van der Waals surface area (Å²) in [6.45, 7) is 5.21. The van der Waals surface area contributed by atoms with Crippen LogP contribution in [-0.2, 0) is 16.2 Å². The molecule has 0 unspecified atom stereocenters. The number of aliphatic hydroxyl groups is 1. The van der Waals surface area contributed by atoms with Gasteiger partial charge in [0.15, 0.2) is 0 Å². The summed E-state index contributed by atoms with van der Waals surface area (Å²) < 4.78 is 64.8. The van der Waals surface area contributed by atoms with Gasteiger partial charge in [0.1, 0.15) is 0 Å². The van der Waals surface area contributed by atoms with Gasteiger partial charge in [0.2, 0.25) is 10.0 Å². The second-order valence-electron chi connectivity index (χ2n) is 8.14. The molecule has 0 aliphatic heterocycles. The Labute approximate surface area is 177 Å². The summed E-state index contributed by atoms with van der Waals surface area (Å²) in [7, 11) is -2.32. The van der Waals surface area contributed by atoms with Gasteiger partial charge in [-0.1, -0.05) is 19.8 Å². The molecule has 1 aliphatic rings. The highest BCUT2D eigenvalue weighted by Crippen LogP contribution is 2.33. The van der Waals surface area contributed by atoms with E-state index in [1.165, 1.54) is 11.4 Å². The Balaban J connectivity index is 1.85. The molecule has 1 aliphatic carbocycles. The Morgan fingerprint density at radius 3 is 2.10 bits per heavy atom. The molecule has 0 saturated heterocycles. The van der Waals surface area contributed by atoms with Gasteiger partial charge in [-0.3, -0.25) is 0 Å². The van der Waals surface area contributed by atoms with Crippen LogP contribution < -0.4 is 0 Å². The highest BCUT2D eigenvalue weighted by atomic mass is 32.2. The van der Waals surface area contributed by atoms with Gasteiger partial charge in [-0.25, -0.2) is 12.7 Å². The zero-order valence-electron chi connectivity index (χ0n) is 17.7. The summed E-state index contributed by atoms with van der Waals surface area (Å²) >= 11 is 0. The van der Waals surface area contributed by atoms with Crippen LogP contribution >= 0.6 is 0 Å². The zero-order chi connectivity index (χ0) is 22.4. The average Bonchev–Trinajstić information content (AvgIpc) is 2.71. The largest absolute Gasteiger partial charge is 0.416 e. The van der Waals surface area contributed by atoms with Crippen LogP contribution in [0, 0.1) is 11.8 Å². The van der Waals surface area contributed by atoms with E-state index < -0.39 is 21.8 Å². The number of halogens is 3. The van der Waals surface area contributed by atoms with Crippen LogP contribution in [0.2, 0.25) is 0 Å². The zero-order valence-corrected chi connectivity index (χ0v) is 18.6. The van der Waals surface area contributed by atoms with Crippen LogP contribution in [-0.4, -0.2) is 62.6 Å². The lowest BCUT2D eigenvalue weighted by atomic mass is 9.80. The van der Waals surface area contributed by atoms with Crippen LogP contribution in [0.1, 0.15) is 44.6 Å². The van der Waals surface area contributed by atoms with Crippen molar-refractivity contribution in [3.63, 3.8) is 0 Å². The average molecular weight is 451 g/mol. The molecule has 1 aromatic rings. The molecule has 1 fully saturated rings. The van der Waals surface area contributed by atoms with Gasteiger partial charge in [0, 0.05) is 20.1 Å². The van der Waals surface area contributed by atoms with Crippen LogP contribution in [0.5, 0.6) is 0 Å². The lowest BCUT2D eigenvalue weighted by Crippen LogP contribution is -2.34. The standard InChI is InChI=1S/C21H33F3N2O3S/c1-3-26(14-15-27)13-12-17-4-6-18(7-5-17)16-25(2)30(28,29)20-10-8-19(9-11-20)21(22,23)24/h8-11,17-18,27H,3-7,12-16H2,1-2H3. The first-order valence-electron chi connectivity index (χ1n) is 10.5. The Morgan fingerprint density at radius 1 is 1.03 bits per heavy atom. The molecule has 0 amide bonds. The van der Waals surface area contributed by atoms with E-state index in [2.05, 4.69) is 11.8 Å². The van der Waals surface area contributed by atoms with Crippen molar-refractivity contribution in [2.24, 2.45) is 11.8 Å². The summed E-state index contributed by atoms with van der Waals surface area (Å²) in [5.41, 5.74) is -0.858. The van der Waals surface area contributed by atoms with E-state index in [-0.39, 0.29) is 17.4 Å². The molecule has 0 spiro atoms. The van der Waals surface area contributed by atoms with Crippen molar-refractivity contribution < 1.29 is 26.7 Å². The van der Waals surface area contributed by atoms with Gasteiger partial charge in [-0.15, -0.1) is 0 Å². The molecule has 172 valence electrons. The minimum atomic E-state index is -4.49. The van der Waals surface area contributed by atoms with E-state index in [0.29, 0.717) is 19.0 Å². The number of nitrogens with zero attached hydrogens (tertiary/aromatic N) is 2. The van der Waals surface area contributed by atoms with Crippen molar-refractivity contribution in [3.05, 3.63) is 29.8 Å². The van der Waals surface area contributed by atoms with Gasteiger partial charge < -0.3 is 10.0 Å². The molecule has 1 saturated carbocycles. The minimum Gasteiger partial charge on any atom is -0.395 e. The summed E-state index contributed by atoms with van der Waals surface area (Å²) in [4.78, 5) is 2.12. The Bertz CT molecular complexity index is 746. The topological polar surface area (TPSA) is 60.9 Å². The third-order valence-electron chi connectivity index (χ3n) is 6.09. The van der Waals surface area contributed by atoms with Crippen molar-refractivity contribution in [3.8, 4) is 0 Å². The van der Waals surface area contributed by atoms with Crippen molar-refractivity contribution >= 4 is 10.0 Å². The van der Waals surface area contributed by atoms with E-state index in [9.17, 15) is 21.6 Å². The lowest BCUT2D eigenvalue weighted by Gasteiger charge is -2.32. The summed E-state index contributed by atoms with van der Waals surface area (Å²) in [6, 6.07) is 3.67. The fraction of sp³-hybridized carbons (Fsp3) is 0.714. The van der Waals surface area contributed by atoms with Crippen LogP contribution in [0.25, 0.3) is 0 Å². The van der Waals surface area contributed by atoms with Gasteiger partial charge in [-0.2, -0.15) is 13.2 Å². The van der Waals surface area contributed by atoms with Crippen LogP contribution in [0.4, 0.5) is 13.2 Å². The summed E-state index contributed by atoms with van der Waals surface area (Å²) in [6.07, 6.45) is 0.595. The second kappa shape index (κ2) is 10.9. The number of benzene rings is 1. The Kier molecular flexibility index (Phi) is 9.14. The molecule has 2 rings (SSSR count). The quantitative estimate of drug-likeness (QED) is 0.589. The molecule has 0 aromatic heterocycles. The number of sulfonamides is 1. The molecule has 0 radical (unpaired) electrons. The first-order valence-corrected chi connectivity index (χ1v) is 12.0. The first-order chi connectivity index (χ1) is 14.1. The van der Waals surface area contributed by atoms with Gasteiger partial charge in [-0.05, 0) is 68.5 Å². The highest BCUT2D eigenvalue weighted by molar-refractivity contribution is 7.89. The number of hydrogen-bond acceptors (Lipinski definition) is 4. The van der Waals surface area contributed by atoms with Crippen molar-refractivity contribution in [2.75, 3.05) is 39.8 Å². The van der Waals surface area contributed by atoms with Crippen molar-refractivity contribution in [1.82, 2.24) is 9.21 Å². The fourth-order valence-corrected chi connectivity index (χ4v) is 5.34. The number of rotatable bonds is 10. The molecular formula is C21H33F3N2O3S.